The van der Waals surface area contributed by atoms with E-state index in [4.69, 9.17) is 0 Å². The minimum absolute atomic E-state index is 0.265. The fourth-order valence-electron chi connectivity index (χ4n) is 0.926. The van der Waals surface area contributed by atoms with Crippen LogP contribution in [0.5, 0.6) is 0 Å². The SMILES string of the molecule is CCNC(=O)n1[nH]c(=O)cc1C. The van der Waals surface area contributed by atoms with Gasteiger partial charge in [-0.1, -0.05) is 0 Å². The molecule has 0 saturated carbocycles. The predicted molar refractivity (Wildman–Crippen MR) is 44.3 cm³/mol. The number of carbonyl (C=O) groups excluding carboxylic acids is 1. The lowest BCUT2D eigenvalue weighted by Gasteiger charge is -2.03. The van der Waals surface area contributed by atoms with E-state index in [2.05, 4.69) is 10.4 Å². The number of hydrogen-bond acceptors (Lipinski definition) is 2. The van der Waals surface area contributed by atoms with Gasteiger partial charge in [0.05, 0.1) is 0 Å². The van der Waals surface area contributed by atoms with Crippen LogP contribution in [-0.4, -0.2) is 22.4 Å². The first-order chi connectivity index (χ1) is 5.65. The highest BCUT2D eigenvalue weighted by molar-refractivity contribution is 5.76. The van der Waals surface area contributed by atoms with Gasteiger partial charge in [-0.3, -0.25) is 9.89 Å². The second-order valence-corrected chi connectivity index (χ2v) is 2.43. The van der Waals surface area contributed by atoms with Crippen molar-refractivity contribution in [2.45, 2.75) is 13.8 Å². The van der Waals surface area contributed by atoms with Crippen LogP contribution in [0.15, 0.2) is 10.9 Å². The molecule has 1 aromatic heterocycles. The molecular formula is C7H11N3O2. The molecule has 0 bridgehead atoms. The number of amides is 1. The van der Waals surface area contributed by atoms with Gasteiger partial charge < -0.3 is 5.32 Å². The van der Waals surface area contributed by atoms with Crippen LogP contribution in [0, 0.1) is 6.92 Å². The number of H-pyrrole nitrogens is 1. The highest BCUT2D eigenvalue weighted by Gasteiger charge is 2.05. The third-order valence-electron chi connectivity index (χ3n) is 1.45. The first kappa shape index (κ1) is 8.58. The highest BCUT2D eigenvalue weighted by atomic mass is 16.2. The average molecular weight is 169 g/mol. The van der Waals surface area contributed by atoms with Crippen LogP contribution >= 0.6 is 0 Å². The van der Waals surface area contributed by atoms with Crippen LogP contribution in [0.3, 0.4) is 0 Å². The zero-order chi connectivity index (χ0) is 9.14. The summed E-state index contributed by atoms with van der Waals surface area (Å²) in [5, 5.41) is 4.95. The first-order valence-electron chi connectivity index (χ1n) is 3.72. The van der Waals surface area contributed by atoms with E-state index < -0.39 is 0 Å². The smallest absolute Gasteiger partial charge is 0.337 e. The monoisotopic (exact) mass is 169 g/mol. The van der Waals surface area contributed by atoms with Gasteiger partial charge in [0.15, 0.2) is 0 Å². The molecule has 2 N–H and O–H groups in total. The van der Waals surface area contributed by atoms with E-state index in [9.17, 15) is 9.59 Å². The van der Waals surface area contributed by atoms with Gasteiger partial charge in [0.1, 0.15) is 0 Å². The number of hydrogen-bond donors (Lipinski definition) is 2. The Hall–Kier alpha value is -1.52. The molecular weight excluding hydrogens is 158 g/mol. The van der Waals surface area contributed by atoms with Crippen molar-refractivity contribution in [2.75, 3.05) is 6.54 Å². The van der Waals surface area contributed by atoms with Crippen LogP contribution in [0.1, 0.15) is 12.6 Å². The predicted octanol–water partition coefficient (Wildman–Crippen LogP) is 0.0624. The van der Waals surface area contributed by atoms with Gasteiger partial charge >= 0.3 is 6.03 Å². The van der Waals surface area contributed by atoms with E-state index in [1.54, 1.807) is 6.92 Å². The Kier molecular flexibility index (Phi) is 2.32. The maximum absolute atomic E-state index is 11.2. The molecule has 0 unspecified atom stereocenters. The summed E-state index contributed by atoms with van der Waals surface area (Å²) in [6, 6.07) is 1.06. The minimum Gasteiger partial charge on any atom is -0.337 e. The summed E-state index contributed by atoms with van der Waals surface area (Å²) < 4.78 is 1.19. The van der Waals surface area contributed by atoms with E-state index in [-0.39, 0.29) is 11.6 Å². The third kappa shape index (κ3) is 1.55. The Morgan fingerprint density at radius 1 is 1.75 bits per heavy atom. The van der Waals surface area contributed by atoms with Crippen molar-refractivity contribution < 1.29 is 4.79 Å². The summed E-state index contributed by atoms with van der Waals surface area (Å²) in [6.07, 6.45) is 0. The first-order valence-corrected chi connectivity index (χ1v) is 3.72. The van der Waals surface area contributed by atoms with Crippen molar-refractivity contribution in [3.63, 3.8) is 0 Å². The summed E-state index contributed by atoms with van der Waals surface area (Å²) in [5.41, 5.74) is 0.338. The summed E-state index contributed by atoms with van der Waals surface area (Å²) in [6.45, 7) is 4.04. The number of aryl methyl sites for hydroxylation is 1. The molecule has 0 saturated heterocycles. The molecule has 0 fully saturated rings. The van der Waals surface area contributed by atoms with E-state index in [1.165, 1.54) is 10.7 Å². The summed E-state index contributed by atoms with van der Waals surface area (Å²) in [7, 11) is 0. The van der Waals surface area contributed by atoms with Crippen molar-refractivity contribution >= 4 is 6.03 Å². The number of nitrogens with zero attached hydrogens (tertiary/aromatic N) is 1. The number of nitrogens with one attached hydrogen (secondary N) is 2. The van der Waals surface area contributed by atoms with Gasteiger partial charge in [0, 0.05) is 18.3 Å². The molecule has 0 atom stereocenters. The number of aromatic amines is 1. The molecule has 12 heavy (non-hydrogen) atoms. The van der Waals surface area contributed by atoms with Crippen molar-refractivity contribution in [3.05, 3.63) is 22.1 Å². The van der Waals surface area contributed by atoms with E-state index in [0.29, 0.717) is 12.2 Å². The largest absolute Gasteiger partial charge is 0.340 e. The fraction of sp³-hybridized carbons (Fsp3) is 0.429. The molecule has 5 heteroatoms. The van der Waals surface area contributed by atoms with Gasteiger partial charge in [0.25, 0.3) is 5.56 Å². The summed E-state index contributed by atoms with van der Waals surface area (Å²) >= 11 is 0. The molecule has 5 nitrogen and oxygen atoms in total. The Bertz CT molecular complexity index is 337. The van der Waals surface area contributed by atoms with Crippen molar-refractivity contribution in [3.8, 4) is 0 Å². The molecule has 1 amide bonds. The highest BCUT2D eigenvalue weighted by Crippen LogP contribution is 1.89. The fourth-order valence-corrected chi connectivity index (χ4v) is 0.926. The average Bonchev–Trinajstić information content (AvgIpc) is 2.30. The van der Waals surface area contributed by atoms with Crippen LogP contribution in [0.25, 0.3) is 0 Å². The van der Waals surface area contributed by atoms with E-state index in [0.717, 1.165) is 0 Å². The quantitative estimate of drug-likeness (QED) is 0.624. The Labute approximate surface area is 69.4 Å². The molecule has 0 radical (unpaired) electrons. The number of aromatic nitrogens is 2. The third-order valence-corrected chi connectivity index (χ3v) is 1.45. The molecule has 0 spiro atoms. The Morgan fingerprint density at radius 3 is 2.83 bits per heavy atom. The second kappa shape index (κ2) is 3.25. The molecule has 0 aliphatic heterocycles. The lowest BCUT2D eigenvalue weighted by molar-refractivity contribution is 0.239. The van der Waals surface area contributed by atoms with Crippen LogP contribution in [0.4, 0.5) is 4.79 Å². The van der Waals surface area contributed by atoms with E-state index >= 15 is 0 Å². The van der Waals surface area contributed by atoms with Gasteiger partial charge in [-0.2, -0.15) is 0 Å². The maximum Gasteiger partial charge on any atom is 0.340 e. The van der Waals surface area contributed by atoms with Gasteiger partial charge in [-0.15, -0.1) is 0 Å². The minimum atomic E-state index is -0.308. The molecule has 66 valence electrons. The lowest BCUT2D eigenvalue weighted by Crippen LogP contribution is -2.30. The normalized spacial score (nSPS) is 9.83. The summed E-state index contributed by atoms with van der Waals surface area (Å²) in [4.78, 5) is 21.9. The maximum atomic E-state index is 11.2. The topological polar surface area (TPSA) is 66.9 Å². The van der Waals surface area contributed by atoms with Crippen LogP contribution in [-0.2, 0) is 0 Å². The number of rotatable bonds is 1. The van der Waals surface area contributed by atoms with Crippen molar-refractivity contribution in [1.82, 2.24) is 15.1 Å². The van der Waals surface area contributed by atoms with Crippen molar-refractivity contribution in [2.24, 2.45) is 0 Å². The molecule has 0 aliphatic rings. The zero-order valence-corrected chi connectivity index (χ0v) is 7.05. The number of carbonyl (C=O) groups is 1. The molecule has 1 aromatic rings. The Morgan fingerprint density at radius 2 is 2.42 bits per heavy atom. The second-order valence-electron chi connectivity index (χ2n) is 2.43. The molecule has 0 aliphatic carbocycles. The standard InChI is InChI=1S/C7H11N3O2/c1-3-8-7(12)10-5(2)4-6(11)9-10/h4H,3H2,1-2H3,(H,8,12)(H,9,11). The zero-order valence-electron chi connectivity index (χ0n) is 7.05. The molecule has 1 heterocycles. The van der Waals surface area contributed by atoms with Crippen LogP contribution < -0.4 is 10.9 Å². The van der Waals surface area contributed by atoms with Crippen molar-refractivity contribution in [1.29, 1.82) is 0 Å². The van der Waals surface area contributed by atoms with E-state index in [1.807, 2.05) is 6.92 Å². The Balaban J connectivity index is 2.94. The van der Waals surface area contributed by atoms with Gasteiger partial charge in [0.2, 0.25) is 0 Å². The molecule has 0 aromatic carbocycles. The molecule has 1 rings (SSSR count). The van der Waals surface area contributed by atoms with Crippen LogP contribution in [0.2, 0.25) is 0 Å². The summed E-state index contributed by atoms with van der Waals surface area (Å²) in [5.74, 6) is 0. The van der Waals surface area contributed by atoms with Gasteiger partial charge in [-0.25, -0.2) is 9.48 Å². The lowest BCUT2D eigenvalue weighted by atomic mass is 10.5. The van der Waals surface area contributed by atoms with Gasteiger partial charge in [-0.05, 0) is 13.8 Å².